The number of hydrogen-bond donors (Lipinski definition) is 1. The van der Waals surface area contributed by atoms with Gasteiger partial charge in [-0.15, -0.1) is 0 Å². The molecule has 1 heterocycles. The Morgan fingerprint density at radius 1 is 1.24 bits per heavy atom. The van der Waals surface area contributed by atoms with E-state index in [4.69, 9.17) is 32.7 Å². The van der Waals surface area contributed by atoms with E-state index in [9.17, 15) is 4.79 Å². The molecule has 1 aromatic heterocycles. The number of amides is 1. The highest BCUT2D eigenvalue weighted by atomic mass is 35.5. The Bertz CT molecular complexity index is 1030. The maximum atomic E-state index is 12.7. The Morgan fingerprint density at radius 3 is 2.72 bits per heavy atom. The standard InChI is InChI=1S/C21H21Cl2N3O3/c1-4-29-20-18(23)8-14(9-19(20)28-3)11-24-21(27)17-12-25-26(13(17)2)16-7-5-6-15(22)10-16/h5-10,12H,4,11H2,1-3H3,(H,24,27). The highest BCUT2D eigenvalue weighted by molar-refractivity contribution is 6.32. The van der Waals surface area contributed by atoms with Crippen LogP contribution in [0.5, 0.6) is 11.5 Å². The van der Waals surface area contributed by atoms with E-state index in [1.807, 2.05) is 26.0 Å². The first-order valence-electron chi connectivity index (χ1n) is 9.02. The molecule has 0 saturated heterocycles. The molecule has 0 fully saturated rings. The fourth-order valence-electron chi connectivity index (χ4n) is 2.94. The smallest absolute Gasteiger partial charge is 0.255 e. The van der Waals surface area contributed by atoms with Crippen molar-refractivity contribution in [3.63, 3.8) is 0 Å². The fourth-order valence-corrected chi connectivity index (χ4v) is 3.41. The molecule has 0 bridgehead atoms. The van der Waals surface area contributed by atoms with Crippen LogP contribution in [0, 0.1) is 6.92 Å². The third-order valence-corrected chi connectivity index (χ3v) is 4.85. The first-order chi connectivity index (χ1) is 13.9. The van der Waals surface area contributed by atoms with Crippen LogP contribution < -0.4 is 14.8 Å². The predicted molar refractivity (Wildman–Crippen MR) is 114 cm³/mol. The number of ether oxygens (including phenoxy) is 2. The number of halogens is 2. The largest absolute Gasteiger partial charge is 0.493 e. The van der Waals surface area contributed by atoms with Crippen molar-refractivity contribution in [2.75, 3.05) is 13.7 Å². The van der Waals surface area contributed by atoms with Crippen molar-refractivity contribution in [2.24, 2.45) is 0 Å². The van der Waals surface area contributed by atoms with Crippen LogP contribution in [0.25, 0.3) is 5.69 Å². The highest BCUT2D eigenvalue weighted by Gasteiger charge is 2.16. The van der Waals surface area contributed by atoms with Crippen molar-refractivity contribution in [3.8, 4) is 17.2 Å². The summed E-state index contributed by atoms with van der Waals surface area (Å²) in [6, 6.07) is 10.8. The molecule has 8 heteroatoms. The lowest BCUT2D eigenvalue weighted by atomic mass is 10.2. The van der Waals surface area contributed by atoms with E-state index < -0.39 is 0 Å². The topological polar surface area (TPSA) is 65.4 Å². The lowest BCUT2D eigenvalue weighted by Gasteiger charge is -2.13. The van der Waals surface area contributed by atoms with E-state index in [1.54, 1.807) is 36.1 Å². The second kappa shape index (κ2) is 9.20. The molecule has 0 aliphatic carbocycles. The summed E-state index contributed by atoms with van der Waals surface area (Å²) >= 11 is 12.3. The van der Waals surface area contributed by atoms with Gasteiger partial charge in [-0.1, -0.05) is 29.3 Å². The molecule has 0 radical (unpaired) electrons. The minimum absolute atomic E-state index is 0.236. The number of methoxy groups -OCH3 is 1. The van der Waals surface area contributed by atoms with E-state index >= 15 is 0 Å². The van der Waals surface area contributed by atoms with Gasteiger partial charge in [0.2, 0.25) is 0 Å². The number of nitrogens with one attached hydrogen (secondary N) is 1. The van der Waals surface area contributed by atoms with E-state index in [0.29, 0.717) is 39.4 Å². The van der Waals surface area contributed by atoms with Crippen LogP contribution in [0.1, 0.15) is 28.5 Å². The Balaban J connectivity index is 1.76. The van der Waals surface area contributed by atoms with Gasteiger partial charge in [0.1, 0.15) is 0 Å². The summed E-state index contributed by atoms with van der Waals surface area (Å²) in [5, 5.41) is 8.24. The summed E-state index contributed by atoms with van der Waals surface area (Å²) in [5.74, 6) is 0.777. The second-order valence-corrected chi connectivity index (χ2v) is 7.10. The van der Waals surface area contributed by atoms with Crippen LogP contribution >= 0.6 is 23.2 Å². The number of benzene rings is 2. The van der Waals surface area contributed by atoms with Crippen LogP contribution in [-0.2, 0) is 6.54 Å². The van der Waals surface area contributed by atoms with Gasteiger partial charge in [0, 0.05) is 11.6 Å². The molecule has 2 aromatic carbocycles. The monoisotopic (exact) mass is 433 g/mol. The number of carbonyl (C=O) groups is 1. The molecule has 0 aliphatic rings. The van der Waals surface area contributed by atoms with E-state index in [-0.39, 0.29) is 12.5 Å². The van der Waals surface area contributed by atoms with Crippen molar-refractivity contribution >= 4 is 29.1 Å². The van der Waals surface area contributed by atoms with E-state index in [2.05, 4.69) is 10.4 Å². The van der Waals surface area contributed by atoms with Gasteiger partial charge in [-0.3, -0.25) is 4.79 Å². The lowest BCUT2D eigenvalue weighted by molar-refractivity contribution is 0.0950. The van der Waals surface area contributed by atoms with E-state index in [0.717, 1.165) is 11.3 Å². The molecule has 0 saturated carbocycles. The van der Waals surface area contributed by atoms with Crippen LogP contribution in [0.2, 0.25) is 10.0 Å². The third-order valence-electron chi connectivity index (χ3n) is 4.34. The zero-order chi connectivity index (χ0) is 21.0. The molecule has 3 rings (SSSR count). The summed E-state index contributed by atoms with van der Waals surface area (Å²) in [7, 11) is 1.55. The summed E-state index contributed by atoms with van der Waals surface area (Å²) in [6.45, 7) is 4.46. The van der Waals surface area contributed by atoms with Gasteiger partial charge in [0.25, 0.3) is 5.91 Å². The summed E-state index contributed by atoms with van der Waals surface area (Å²) < 4.78 is 12.5. The molecular weight excluding hydrogens is 413 g/mol. The normalized spacial score (nSPS) is 10.7. The molecule has 152 valence electrons. The van der Waals surface area contributed by atoms with Crippen molar-refractivity contribution in [1.82, 2.24) is 15.1 Å². The quantitative estimate of drug-likeness (QED) is 0.579. The van der Waals surface area contributed by atoms with Crippen molar-refractivity contribution < 1.29 is 14.3 Å². The Morgan fingerprint density at radius 2 is 2.03 bits per heavy atom. The third kappa shape index (κ3) is 4.66. The molecule has 0 unspecified atom stereocenters. The van der Waals surface area contributed by atoms with Crippen molar-refractivity contribution in [1.29, 1.82) is 0 Å². The SMILES string of the molecule is CCOc1c(Cl)cc(CNC(=O)c2cnn(-c3cccc(Cl)c3)c2C)cc1OC. The second-order valence-electron chi connectivity index (χ2n) is 6.26. The fraction of sp³-hybridized carbons (Fsp3) is 0.238. The molecule has 1 N–H and O–H groups in total. The molecule has 1 amide bonds. The highest BCUT2D eigenvalue weighted by Crippen LogP contribution is 2.36. The van der Waals surface area contributed by atoms with Gasteiger partial charge in [-0.25, -0.2) is 4.68 Å². The molecule has 0 aliphatic heterocycles. The average Bonchev–Trinajstić information content (AvgIpc) is 3.09. The minimum Gasteiger partial charge on any atom is -0.493 e. The van der Waals surface area contributed by atoms with Gasteiger partial charge in [0.15, 0.2) is 11.5 Å². The number of rotatable bonds is 7. The first kappa shape index (κ1) is 21.0. The Hall–Kier alpha value is -2.70. The number of aromatic nitrogens is 2. The first-order valence-corrected chi connectivity index (χ1v) is 9.78. The molecule has 6 nitrogen and oxygen atoms in total. The van der Waals surface area contributed by atoms with Crippen molar-refractivity contribution in [2.45, 2.75) is 20.4 Å². The molecule has 29 heavy (non-hydrogen) atoms. The van der Waals surface area contributed by atoms with Gasteiger partial charge < -0.3 is 14.8 Å². The van der Waals surface area contributed by atoms with E-state index in [1.165, 1.54) is 6.20 Å². The van der Waals surface area contributed by atoms with Crippen LogP contribution in [0.15, 0.2) is 42.6 Å². The number of hydrogen-bond acceptors (Lipinski definition) is 4. The number of carbonyl (C=O) groups excluding carboxylic acids is 1. The van der Waals surface area contributed by atoms with Gasteiger partial charge >= 0.3 is 0 Å². The molecular formula is C21H21Cl2N3O3. The van der Waals surface area contributed by atoms with Gasteiger partial charge in [-0.2, -0.15) is 5.10 Å². The zero-order valence-corrected chi connectivity index (χ0v) is 17.8. The molecule has 0 spiro atoms. The average molecular weight is 434 g/mol. The number of nitrogens with zero attached hydrogens (tertiary/aromatic N) is 2. The molecule has 0 atom stereocenters. The maximum absolute atomic E-state index is 12.7. The van der Waals surface area contributed by atoms with Gasteiger partial charge in [0.05, 0.1) is 41.9 Å². The summed E-state index contributed by atoms with van der Waals surface area (Å²) in [5.41, 5.74) is 2.78. The Kier molecular flexibility index (Phi) is 6.67. The molecule has 3 aromatic rings. The summed E-state index contributed by atoms with van der Waals surface area (Å²) in [6.07, 6.45) is 1.54. The lowest BCUT2D eigenvalue weighted by Crippen LogP contribution is -2.23. The van der Waals surface area contributed by atoms with Crippen molar-refractivity contribution in [3.05, 3.63) is 69.5 Å². The van der Waals surface area contributed by atoms with Gasteiger partial charge in [-0.05, 0) is 49.7 Å². The maximum Gasteiger partial charge on any atom is 0.255 e. The Labute approximate surface area is 179 Å². The van der Waals surface area contributed by atoms with Crippen LogP contribution in [0.3, 0.4) is 0 Å². The van der Waals surface area contributed by atoms with Crippen LogP contribution in [0.4, 0.5) is 0 Å². The van der Waals surface area contributed by atoms with Crippen LogP contribution in [-0.4, -0.2) is 29.4 Å². The minimum atomic E-state index is -0.236. The zero-order valence-electron chi connectivity index (χ0n) is 16.3. The predicted octanol–water partition coefficient (Wildman–Crippen LogP) is 4.82. The summed E-state index contributed by atoms with van der Waals surface area (Å²) in [4.78, 5) is 12.7.